The molecule has 0 saturated carbocycles. The van der Waals surface area contributed by atoms with Gasteiger partial charge in [0.15, 0.2) is 0 Å². The van der Waals surface area contributed by atoms with Crippen LogP contribution in [0.2, 0.25) is 0 Å². The molecule has 1 fully saturated rings. The van der Waals surface area contributed by atoms with Crippen molar-refractivity contribution < 1.29 is 9.13 Å². The van der Waals surface area contributed by atoms with E-state index in [1.807, 2.05) is 0 Å². The minimum Gasteiger partial charge on any atom is -0.370 e. The monoisotopic (exact) mass is 242 g/mol. The summed E-state index contributed by atoms with van der Waals surface area (Å²) in [6.07, 6.45) is 2.56. The van der Waals surface area contributed by atoms with Gasteiger partial charge in [0.1, 0.15) is 5.82 Å². The van der Waals surface area contributed by atoms with Gasteiger partial charge in [-0.15, -0.1) is 11.6 Å². The Hall–Kier alpha value is -0.600. The van der Waals surface area contributed by atoms with E-state index < -0.39 is 0 Å². The molecular formula is C13H16ClFO. The van der Waals surface area contributed by atoms with Gasteiger partial charge < -0.3 is 4.74 Å². The highest BCUT2D eigenvalue weighted by Crippen LogP contribution is 2.39. The average Bonchev–Trinajstić information content (AvgIpc) is 2.29. The van der Waals surface area contributed by atoms with E-state index in [0.29, 0.717) is 6.61 Å². The third-order valence-corrected chi connectivity index (χ3v) is 3.67. The third kappa shape index (κ3) is 2.23. The standard InChI is InChI=1S/C13H16ClFO/c1-2-13(9-11(14)7-8-16-13)10-3-5-12(15)6-4-10/h3-6,11H,2,7-9H2,1H3. The zero-order chi connectivity index (χ0) is 11.6. The van der Waals surface area contributed by atoms with Gasteiger partial charge in [0.2, 0.25) is 0 Å². The second-order valence-electron chi connectivity index (χ2n) is 4.29. The number of ether oxygens (including phenoxy) is 1. The van der Waals surface area contributed by atoms with E-state index >= 15 is 0 Å². The van der Waals surface area contributed by atoms with Crippen LogP contribution in [0.1, 0.15) is 31.7 Å². The highest BCUT2D eigenvalue weighted by Gasteiger charge is 2.36. The summed E-state index contributed by atoms with van der Waals surface area (Å²) < 4.78 is 18.8. The van der Waals surface area contributed by atoms with Crippen molar-refractivity contribution in [3.63, 3.8) is 0 Å². The molecule has 0 bridgehead atoms. The summed E-state index contributed by atoms with van der Waals surface area (Å²) in [7, 11) is 0. The van der Waals surface area contributed by atoms with E-state index in [-0.39, 0.29) is 16.8 Å². The maximum atomic E-state index is 12.9. The maximum Gasteiger partial charge on any atom is 0.123 e. The Bertz CT molecular complexity index is 351. The van der Waals surface area contributed by atoms with Gasteiger partial charge in [0, 0.05) is 12.0 Å². The van der Waals surface area contributed by atoms with E-state index in [9.17, 15) is 4.39 Å². The molecule has 0 aliphatic carbocycles. The minimum atomic E-state index is -0.321. The molecule has 1 saturated heterocycles. The molecular weight excluding hydrogens is 227 g/mol. The average molecular weight is 243 g/mol. The highest BCUT2D eigenvalue weighted by molar-refractivity contribution is 6.20. The first-order chi connectivity index (χ1) is 7.66. The first kappa shape index (κ1) is 11.9. The van der Waals surface area contributed by atoms with Crippen LogP contribution in [0.25, 0.3) is 0 Å². The SMILES string of the molecule is CCC1(c2ccc(F)cc2)CC(Cl)CCO1. The molecule has 2 unspecified atom stereocenters. The Kier molecular flexibility index (Phi) is 3.50. The largest absolute Gasteiger partial charge is 0.370 e. The van der Waals surface area contributed by atoms with Crippen LogP contribution >= 0.6 is 11.6 Å². The van der Waals surface area contributed by atoms with Crippen LogP contribution < -0.4 is 0 Å². The first-order valence-electron chi connectivity index (χ1n) is 5.70. The number of benzene rings is 1. The van der Waals surface area contributed by atoms with Crippen LogP contribution in [0.3, 0.4) is 0 Å². The lowest BCUT2D eigenvalue weighted by Gasteiger charge is -2.39. The van der Waals surface area contributed by atoms with Gasteiger partial charge in [-0.1, -0.05) is 19.1 Å². The van der Waals surface area contributed by atoms with Gasteiger partial charge in [-0.25, -0.2) is 4.39 Å². The maximum absolute atomic E-state index is 12.9. The normalized spacial score (nSPS) is 30.3. The topological polar surface area (TPSA) is 9.23 Å². The molecule has 1 aliphatic heterocycles. The number of hydrogen-bond acceptors (Lipinski definition) is 1. The summed E-state index contributed by atoms with van der Waals surface area (Å²) in [5.41, 5.74) is 0.708. The van der Waals surface area contributed by atoms with Crippen LogP contribution in [-0.2, 0) is 10.3 Å². The van der Waals surface area contributed by atoms with E-state index in [4.69, 9.17) is 16.3 Å². The summed E-state index contributed by atoms with van der Waals surface area (Å²) in [4.78, 5) is 0. The molecule has 0 amide bonds. The molecule has 3 heteroatoms. The smallest absolute Gasteiger partial charge is 0.123 e. The summed E-state index contributed by atoms with van der Waals surface area (Å²) in [6.45, 7) is 2.76. The molecule has 1 aliphatic rings. The van der Waals surface area contributed by atoms with Crippen molar-refractivity contribution in [3.8, 4) is 0 Å². The molecule has 1 aromatic carbocycles. The van der Waals surface area contributed by atoms with Gasteiger partial charge in [-0.2, -0.15) is 0 Å². The molecule has 1 nitrogen and oxygen atoms in total. The molecule has 16 heavy (non-hydrogen) atoms. The van der Waals surface area contributed by atoms with Crippen molar-refractivity contribution in [2.24, 2.45) is 0 Å². The lowest BCUT2D eigenvalue weighted by Crippen LogP contribution is -2.37. The van der Waals surface area contributed by atoms with Crippen molar-refractivity contribution >= 4 is 11.6 Å². The number of rotatable bonds is 2. The minimum absolute atomic E-state index is 0.152. The summed E-state index contributed by atoms with van der Waals surface area (Å²) in [5.74, 6) is -0.215. The molecule has 0 spiro atoms. The Morgan fingerprint density at radius 1 is 1.44 bits per heavy atom. The van der Waals surface area contributed by atoms with E-state index in [1.54, 1.807) is 12.1 Å². The predicted octanol–water partition coefficient (Wildman–Crippen LogP) is 3.85. The number of hydrogen-bond donors (Lipinski definition) is 0. The molecule has 1 aromatic rings. The highest BCUT2D eigenvalue weighted by atomic mass is 35.5. The molecule has 0 N–H and O–H groups in total. The Balaban J connectivity index is 2.29. The van der Waals surface area contributed by atoms with Gasteiger partial charge in [-0.3, -0.25) is 0 Å². The number of alkyl halides is 1. The zero-order valence-electron chi connectivity index (χ0n) is 9.38. The van der Waals surface area contributed by atoms with E-state index in [1.165, 1.54) is 12.1 Å². The second-order valence-corrected chi connectivity index (χ2v) is 4.91. The molecule has 0 radical (unpaired) electrons. The molecule has 2 rings (SSSR count). The summed E-state index contributed by atoms with van der Waals surface area (Å²) in [6, 6.07) is 6.56. The lowest BCUT2D eigenvalue weighted by atomic mass is 9.84. The Morgan fingerprint density at radius 3 is 2.69 bits per heavy atom. The third-order valence-electron chi connectivity index (χ3n) is 3.30. The van der Waals surface area contributed by atoms with Crippen LogP contribution in [-0.4, -0.2) is 12.0 Å². The quantitative estimate of drug-likeness (QED) is 0.716. The van der Waals surface area contributed by atoms with Crippen molar-refractivity contribution in [3.05, 3.63) is 35.6 Å². The second kappa shape index (κ2) is 4.72. The predicted molar refractivity (Wildman–Crippen MR) is 63.2 cm³/mol. The fourth-order valence-corrected chi connectivity index (χ4v) is 2.64. The van der Waals surface area contributed by atoms with Gasteiger partial charge >= 0.3 is 0 Å². The van der Waals surface area contributed by atoms with Crippen LogP contribution in [0, 0.1) is 5.82 Å². The summed E-state index contributed by atoms with van der Waals surface area (Å²) in [5, 5.41) is 0.152. The Labute approximate surface area is 101 Å². The van der Waals surface area contributed by atoms with Gasteiger partial charge in [0.05, 0.1) is 5.60 Å². The Morgan fingerprint density at radius 2 is 2.12 bits per heavy atom. The molecule has 2 atom stereocenters. The van der Waals surface area contributed by atoms with Crippen molar-refractivity contribution in [2.45, 2.75) is 37.2 Å². The van der Waals surface area contributed by atoms with Crippen LogP contribution in [0.15, 0.2) is 24.3 Å². The van der Waals surface area contributed by atoms with Crippen molar-refractivity contribution in [1.29, 1.82) is 0 Å². The molecule has 0 aromatic heterocycles. The van der Waals surface area contributed by atoms with Crippen molar-refractivity contribution in [2.75, 3.05) is 6.61 Å². The van der Waals surface area contributed by atoms with E-state index in [2.05, 4.69) is 6.92 Å². The lowest BCUT2D eigenvalue weighted by molar-refractivity contribution is -0.0848. The molecule has 1 heterocycles. The molecule has 88 valence electrons. The first-order valence-corrected chi connectivity index (χ1v) is 6.14. The van der Waals surface area contributed by atoms with E-state index in [0.717, 1.165) is 24.8 Å². The fourth-order valence-electron chi connectivity index (χ4n) is 2.31. The fraction of sp³-hybridized carbons (Fsp3) is 0.538. The van der Waals surface area contributed by atoms with Gasteiger partial charge in [0.25, 0.3) is 0 Å². The van der Waals surface area contributed by atoms with Crippen LogP contribution in [0.5, 0.6) is 0 Å². The summed E-state index contributed by atoms with van der Waals surface area (Å²) >= 11 is 6.21. The van der Waals surface area contributed by atoms with Crippen LogP contribution in [0.4, 0.5) is 4.39 Å². The zero-order valence-corrected chi connectivity index (χ0v) is 10.1. The number of halogens is 2. The van der Waals surface area contributed by atoms with Crippen molar-refractivity contribution in [1.82, 2.24) is 0 Å². The van der Waals surface area contributed by atoms with Gasteiger partial charge in [-0.05, 0) is 37.0 Å².